The summed E-state index contributed by atoms with van der Waals surface area (Å²) in [5, 5.41) is 5.42. The summed E-state index contributed by atoms with van der Waals surface area (Å²) in [6, 6.07) is 0.871. The lowest BCUT2D eigenvalue weighted by atomic mass is 9.85. The molecule has 0 saturated heterocycles. The minimum Gasteiger partial charge on any atom is -0.354 e. The van der Waals surface area contributed by atoms with Gasteiger partial charge in [-0.3, -0.25) is 4.79 Å². The Morgan fingerprint density at radius 3 is 2.75 bits per heavy atom. The van der Waals surface area contributed by atoms with E-state index >= 15 is 0 Å². The third-order valence-corrected chi connectivity index (χ3v) is 3.74. The maximum absolute atomic E-state index is 12.5. The molecule has 6 nitrogen and oxygen atoms in total. The summed E-state index contributed by atoms with van der Waals surface area (Å²) in [7, 11) is 0. The molecule has 2 rings (SSSR count). The van der Waals surface area contributed by atoms with Gasteiger partial charge in [0.1, 0.15) is 5.69 Å². The van der Waals surface area contributed by atoms with Crippen LogP contribution in [0.3, 0.4) is 0 Å². The highest BCUT2D eigenvalue weighted by molar-refractivity contribution is 5.85. The monoisotopic (exact) mass is 367 g/mol. The van der Waals surface area contributed by atoms with Gasteiger partial charge in [0.05, 0.1) is 0 Å². The number of carbonyl (C=O) groups is 1. The molecular formula is C14H21ClF3N5O. The molecule has 0 bridgehead atoms. The van der Waals surface area contributed by atoms with E-state index in [1.807, 2.05) is 0 Å². The largest absolute Gasteiger partial charge is 0.433 e. The van der Waals surface area contributed by atoms with Crippen molar-refractivity contribution in [2.75, 3.05) is 18.4 Å². The molecule has 1 saturated carbocycles. The summed E-state index contributed by atoms with van der Waals surface area (Å²) in [6.45, 7) is 0.524. The van der Waals surface area contributed by atoms with Crippen molar-refractivity contribution in [1.82, 2.24) is 15.3 Å². The molecule has 1 aromatic heterocycles. The Balaban J connectivity index is 0.00000288. The fourth-order valence-electron chi connectivity index (χ4n) is 2.57. The zero-order valence-corrected chi connectivity index (χ0v) is 13.8. The maximum atomic E-state index is 12.5. The minimum absolute atomic E-state index is 0. The van der Waals surface area contributed by atoms with Crippen LogP contribution in [-0.2, 0) is 11.0 Å². The van der Waals surface area contributed by atoms with Crippen LogP contribution in [0.2, 0.25) is 0 Å². The molecule has 0 aliphatic heterocycles. The van der Waals surface area contributed by atoms with E-state index in [1.54, 1.807) is 0 Å². The molecule has 2 atom stereocenters. The van der Waals surface area contributed by atoms with Crippen molar-refractivity contribution in [1.29, 1.82) is 0 Å². The molecule has 0 aromatic carbocycles. The molecule has 0 spiro atoms. The quantitative estimate of drug-likeness (QED) is 0.692. The fraction of sp³-hybridized carbons (Fsp3) is 0.643. The molecular weight excluding hydrogens is 347 g/mol. The second kappa shape index (κ2) is 9.03. The molecule has 1 fully saturated rings. The number of amides is 1. The highest BCUT2D eigenvalue weighted by atomic mass is 35.5. The van der Waals surface area contributed by atoms with E-state index in [4.69, 9.17) is 5.73 Å². The van der Waals surface area contributed by atoms with Gasteiger partial charge in [-0.25, -0.2) is 9.97 Å². The van der Waals surface area contributed by atoms with E-state index in [0.29, 0.717) is 6.42 Å². The number of anilines is 1. The predicted octanol–water partition coefficient (Wildman–Crippen LogP) is 1.96. The number of rotatable bonds is 5. The summed E-state index contributed by atoms with van der Waals surface area (Å²) in [5.74, 6) is -0.260. The van der Waals surface area contributed by atoms with E-state index in [0.717, 1.165) is 31.5 Å². The normalized spacial score (nSPS) is 20.8. The summed E-state index contributed by atoms with van der Waals surface area (Å²) in [4.78, 5) is 19.1. The molecule has 136 valence electrons. The molecule has 2 unspecified atom stereocenters. The number of hydrogen-bond donors (Lipinski definition) is 3. The van der Waals surface area contributed by atoms with Gasteiger partial charge in [0.2, 0.25) is 11.9 Å². The van der Waals surface area contributed by atoms with Gasteiger partial charge in [-0.15, -0.1) is 12.4 Å². The third-order valence-electron chi connectivity index (χ3n) is 3.74. The van der Waals surface area contributed by atoms with Crippen LogP contribution >= 0.6 is 12.4 Å². The van der Waals surface area contributed by atoms with Gasteiger partial charge in [-0.05, 0) is 25.3 Å². The summed E-state index contributed by atoms with van der Waals surface area (Å²) >= 11 is 0. The van der Waals surface area contributed by atoms with E-state index in [1.165, 1.54) is 0 Å². The molecule has 1 heterocycles. The fourth-order valence-corrected chi connectivity index (χ4v) is 2.57. The first-order valence-corrected chi connectivity index (χ1v) is 7.53. The Hall–Kier alpha value is -1.61. The second-order valence-corrected chi connectivity index (χ2v) is 5.60. The van der Waals surface area contributed by atoms with Crippen LogP contribution in [0.1, 0.15) is 31.4 Å². The van der Waals surface area contributed by atoms with Crippen LogP contribution in [0.25, 0.3) is 0 Å². The molecule has 24 heavy (non-hydrogen) atoms. The summed E-state index contributed by atoms with van der Waals surface area (Å²) < 4.78 is 37.5. The van der Waals surface area contributed by atoms with E-state index in [-0.39, 0.29) is 49.3 Å². The SMILES string of the molecule is Cl.NC1CCCC(C(=O)NCCNc2nccc(C(F)(F)F)n2)C1. The number of aromatic nitrogens is 2. The summed E-state index contributed by atoms with van der Waals surface area (Å²) in [6.07, 6.45) is -0.0824. The number of nitrogens with two attached hydrogens (primary N) is 1. The van der Waals surface area contributed by atoms with Gasteiger partial charge >= 0.3 is 6.18 Å². The Labute approximate surface area is 144 Å². The number of alkyl halides is 3. The van der Waals surface area contributed by atoms with Gasteiger partial charge in [-0.1, -0.05) is 6.42 Å². The van der Waals surface area contributed by atoms with Crippen molar-refractivity contribution < 1.29 is 18.0 Å². The lowest BCUT2D eigenvalue weighted by Crippen LogP contribution is -2.39. The first kappa shape index (κ1) is 20.4. The zero-order valence-electron chi connectivity index (χ0n) is 13.0. The number of halogens is 4. The molecule has 1 amide bonds. The van der Waals surface area contributed by atoms with Crippen LogP contribution in [0.4, 0.5) is 19.1 Å². The third kappa shape index (κ3) is 6.12. The minimum atomic E-state index is -4.51. The molecule has 0 radical (unpaired) electrons. The summed E-state index contributed by atoms with van der Waals surface area (Å²) in [5.41, 5.74) is 4.84. The predicted molar refractivity (Wildman–Crippen MR) is 85.7 cm³/mol. The number of nitrogens with zero attached hydrogens (tertiary/aromatic N) is 2. The Morgan fingerprint density at radius 2 is 2.08 bits per heavy atom. The topological polar surface area (TPSA) is 92.9 Å². The van der Waals surface area contributed by atoms with Crippen LogP contribution in [0.15, 0.2) is 12.3 Å². The van der Waals surface area contributed by atoms with E-state index in [9.17, 15) is 18.0 Å². The highest BCUT2D eigenvalue weighted by Crippen LogP contribution is 2.27. The Bertz CT molecular complexity index is 543. The standard InChI is InChI=1S/C14H20F3N5O.ClH/c15-14(16,17)11-4-5-20-13(22-11)21-7-6-19-12(23)9-2-1-3-10(18)8-9;/h4-5,9-10H,1-3,6-8,18H2,(H,19,23)(H,20,21,22);1H. The number of hydrogen-bond acceptors (Lipinski definition) is 5. The van der Waals surface area contributed by atoms with Crippen molar-refractivity contribution >= 4 is 24.3 Å². The van der Waals surface area contributed by atoms with Crippen molar-refractivity contribution in [3.63, 3.8) is 0 Å². The van der Waals surface area contributed by atoms with Crippen molar-refractivity contribution in [3.8, 4) is 0 Å². The van der Waals surface area contributed by atoms with Gasteiger partial charge < -0.3 is 16.4 Å². The maximum Gasteiger partial charge on any atom is 0.433 e. The zero-order chi connectivity index (χ0) is 16.9. The lowest BCUT2D eigenvalue weighted by molar-refractivity contribution is -0.141. The molecule has 4 N–H and O–H groups in total. The van der Waals surface area contributed by atoms with Crippen molar-refractivity contribution in [2.24, 2.45) is 11.7 Å². The van der Waals surface area contributed by atoms with Crippen LogP contribution in [0.5, 0.6) is 0 Å². The molecule has 10 heteroatoms. The molecule has 1 aliphatic carbocycles. The van der Waals surface area contributed by atoms with Gasteiger partial charge in [0.25, 0.3) is 0 Å². The lowest BCUT2D eigenvalue weighted by Gasteiger charge is -2.25. The average Bonchev–Trinajstić information content (AvgIpc) is 2.51. The van der Waals surface area contributed by atoms with Crippen LogP contribution in [0, 0.1) is 5.92 Å². The van der Waals surface area contributed by atoms with E-state index in [2.05, 4.69) is 20.6 Å². The number of nitrogens with one attached hydrogen (secondary N) is 2. The smallest absolute Gasteiger partial charge is 0.354 e. The van der Waals surface area contributed by atoms with Crippen LogP contribution < -0.4 is 16.4 Å². The van der Waals surface area contributed by atoms with Crippen molar-refractivity contribution in [2.45, 2.75) is 37.9 Å². The van der Waals surface area contributed by atoms with E-state index < -0.39 is 11.9 Å². The second-order valence-electron chi connectivity index (χ2n) is 5.60. The van der Waals surface area contributed by atoms with Crippen molar-refractivity contribution in [3.05, 3.63) is 18.0 Å². The highest BCUT2D eigenvalue weighted by Gasteiger charge is 2.32. The first-order chi connectivity index (χ1) is 10.9. The van der Waals surface area contributed by atoms with Gasteiger partial charge in [0.15, 0.2) is 0 Å². The molecule has 1 aliphatic rings. The average molecular weight is 368 g/mol. The van der Waals surface area contributed by atoms with Gasteiger partial charge in [0, 0.05) is 31.2 Å². The Morgan fingerprint density at radius 1 is 1.33 bits per heavy atom. The first-order valence-electron chi connectivity index (χ1n) is 7.53. The van der Waals surface area contributed by atoms with Crippen LogP contribution in [-0.4, -0.2) is 35.0 Å². The Kier molecular flexibility index (Phi) is 7.68. The molecule has 1 aromatic rings. The van der Waals surface area contributed by atoms with Gasteiger partial charge in [-0.2, -0.15) is 13.2 Å². The number of carbonyl (C=O) groups excluding carboxylic acids is 1.